The zero-order valence-electron chi connectivity index (χ0n) is 11.6. The monoisotopic (exact) mass is 326 g/mol. The van der Waals surface area contributed by atoms with Gasteiger partial charge in [-0.2, -0.15) is 5.10 Å². The highest BCUT2D eigenvalue weighted by Gasteiger charge is 2.33. The molecule has 0 aromatic heterocycles. The lowest BCUT2D eigenvalue weighted by Gasteiger charge is -2.14. The molecule has 1 N–H and O–H groups in total. The van der Waals surface area contributed by atoms with Gasteiger partial charge in [-0.1, -0.05) is 45.4 Å². The highest BCUT2D eigenvalue weighted by molar-refractivity contribution is 8.38. The number of rotatable bonds is 7. The summed E-state index contributed by atoms with van der Waals surface area (Å²) in [5.41, 5.74) is 2.70. The van der Waals surface area contributed by atoms with E-state index in [1.807, 2.05) is 20.8 Å². The van der Waals surface area contributed by atoms with Crippen LogP contribution in [0.15, 0.2) is 5.10 Å². The fourth-order valence-corrected chi connectivity index (χ4v) is 6.65. The minimum absolute atomic E-state index is 0.0443. The average Bonchev–Trinajstić information content (AvgIpc) is 2.86. The predicted octanol–water partition coefficient (Wildman–Crippen LogP) is 2.03. The number of hydrazone groups is 1. The molecule has 19 heavy (non-hydrogen) atoms. The van der Waals surface area contributed by atoms with Crippen LogP contribution in [0.2, 0.25) is 0 Å². The van der Waals surface area contributed by atoms with Gasteiger partial charge in [-0.3, -0.25) is 9.63 Å². The van der Waals surface area contributed by atoms with Crippen molar-refractivity contribution >= 4 is 36.8 Å². The SMILES string of the molecule is CCCCS(=O)(=O)C1=NNC(S(=O)C(C)CCC)S1. The number of nitrogens with one attached hydrogen (secondary N) is 1. The van der Waals surface area contributed by atoms with Gasteiger partial charge in [0.05, 0.1) is 16.6 Å². The third-order valence-corrected chi connectivity index (χ3v) is 8.33. The maximum Gasteiger partial charge on any atom is 0.211 e. The smallest absolute Gasteiger partial charge is 0.211 e. The molecule has 0 amide bonds. The van der Waals surface area contributed by atoms with Crippen molar-refractivity contribution in [2.45, 2.75) is 56.4 Å². The van der Waals surface area contributed by atoms with Crippen molar-refractivity contribution in [1.29, 1.82) is 0 Å². The van der Waals surface area contributed by atoms with Crippen LogP contribution in [0, 0.1) is 0 Å². The first kappa shape index (κ1) is 17.0. The quantitative estimate of drug-likeness (QED) is 0.775. The number of nitrogens with zero attached hydrogens (tertiary/aromatic N) is 1. The van der Waals surface area contributed by atoms with Crippen LogP contribution >= 0.6 is 11.8 Å². The molecule has 0 aliphatic carbocycles. The van der Waals surface area contributed by atoms with Gasteiger partial charge in [-0.05, 0) is 12.8 Å². The van der Waals surface area contributed by atoms with Gasteiger partial charge in [0.25, 0.3) is 0 Å². The van der Waals surface area contributed by atoms with E-state index in [2.05, 4.69) is 10.5 Å². The highest BCUT2D eigenvalue weighted by Crippen LogP contribution is 2.26. The van der Waals surface area contributed by atoms with Gasteiger partial charge in [0, 0.05) is 5.25 Å². The fraction of sp³-hybridized carbons (Fsp3) is 0.909. The van der Waals surface area contributed by atoms with E-state index in [0.717, 1.165) is 31.0 Å². The summed E-state index contributed by atoms with van der Waals surface area (Å²) in [6, 6.07) is 0. The molecule has 1 aliphatic rings. The number of thioether (sulfide) groups is 1. The first-order chi connectivity index (χ1) is 8.92. The molecule has 1 aliphatic heterocycles. The molecule has 1 rings (SSSR count). The minimum Gasteiger partial charge on any atom is -0.282 e. The Morgan fingerprint density at radius 3 is 2.68 bits per heavy atom. The van der Waals surface area contributed by atoms with Crippen molar-refractivity contribution in [2.24, 2.45) is 5.10 Å². The second kappa shape index (κ2) is 7.64. The van der Waals surface area contributed by atoms with E-state index < -0.39 is 25.3 Å². The molecular formula is C11H22N2O3S3. The average molecular weight is 327 g/mol. The van der Waals surface area contributed by atoms with Crippen molar-refractivity contribution in [3.05, 3.63) is 0 Å². The van der Waals surface area contributed by atoms with E-state index in [0.29, 0.717) is 6.42 Å². The molecule has 0 radical (unpaired) electrons. The van der Waals surface area contributed by atoms with Crippen LogP contribution in [0.5, 0.6) is 0 Å². The third-order valence-electron chi connectivity index (χ3n) is 2.80. The molecule has 3 unspecified atom stereocenters. The molecule has 8 heteroatoms. The van der Waals surface area contributed by atoms with Gasteiger partial charge in [0.1, 0.15) is 0 Å². The summed E-state index contributed by atoms with van der Waals surface area (Å²) in [5, 5.41) is 3.90. The van der Waals surface area contributed by atoms with E-state index in [9.17, 15) is 12.6 Å². The maximum atomic E-state index is 12.2. The molecule has 0 aromatic carbocycles. The molecule has 1 heterocycles. The van der Waals surface area contributed by atoms with Gasteiger partial charge in [-0.25, -0.2) is 8.42 Å². The van der Waals surface area contributed by atoms with Crippen molar-refractivity contribution in [3.8, 4) is 0 Å². The van der Waals surface area contributed by atoms with Crippen molar-refractivity contribution in [2.75, 3.05) is 5.75 Å². The second-order valence-electron chi connectivity index (χ2n) is 4.56. The van der Waals surface area contributed by atoms with Gasteiger partial charge in [0.2, 0.25) is 14.2 Å². The van der Waals surface area contributed by atoms with E-state index in [4.69, 9.17) is 0 Å². The Labute approximate surface area is 122 Å². The van der Waals surface area contributed by atoms with Gasteiger partial charge in [-0.15, -0.1) is 0 Å². The Bertz CT molecular complexity index is 448. The fourth-order valence-electron chi connectivity index (χ4n) is 1.65. The zero-order chi connectivity index (χ0) is 14.5. The molecule has 0 spiro atoms. The summed E-state index contributed by atoms with van der Waals surface area (Å²) in [7, 11) is -4.44. The summed E-state index contributed by atoms with van der Waals surface area (Å²) in [6.07, 6.45) is 3.28. The first-order valence-electron chi connectivity index (χ1n) is 6.54. The summed E-state index contributed by atoms with van der Waals surface area (Å²) in [5.74, 6) is 0.112. The lowest BCUT2D eigenvalue weighted by atomic mass is 10.3. The van der Waals surface area contributed by atoms with Crippen molar-refractivity contribution < 1.29 is 12.6 Å². The first-order valence-corrected chi connectivity index (χ1v) is 10.3. The highest BCUT2D eigenvalue weighted by atomic mass is 32.3. The van der Waals surface area contributed by atoms with Crippen LogP contribution in [0.3, 0.4) is 0 Å². The molecule has 112 valence electrons. The van der Waals surface area contributed by atoms with Gasteiger partial charge in [0.15, 0.2) is 4.71 Å². The lowest BCUT2D eigenvalue weighted by Crippen LogP contribution is -2.28. The van der Waals surface area contributed by atoms with E-state index in [1.54, 1.807) is 0 Å². The van der Waals surface area contributed by atoms with Crippen LogP contribution in [0.4, 0.5) is 0 Å². The normalized spacial score (nSPS) is 22.7. The number of sulfone groups is 1. The Balaban J connectivity index is 2.60. The van der Waals surface area contributed by atoms with Gasteiger partial charge >= 0.3 is 0 Å². The molecule has 0 bridgehead atoms. The second-order valence-corrected chi connectivity index (χ2v) is 10.2. The molecule has 5 nitrogen and oxygen atoms in total. The van der Waals surface area contributed by atoms with E-state index in [1.165, 1.54) is 0 Å². The predicted molar refractivity (Wildman–Crippen MR) is 83.2 cm³/mol. The van der Waals surface area contributed by atoms with E-state index >= 15 is 0 Å². The third kappa shape index (κ3) is 4.75. The number of hydrogen-bond donors (Lipinski definition) is 1. The molecule has 3 atom stereocenters. The largest absolute Gasteiger partial charge is 0.282 e. The molecule has 0 aromatic rings. The number of hydrogen-bond acceptors (Lipinski definition) is 6. The van der Waals surface area contributed by atoms with E-state index in [-0.39, 0.29) is 15.4 Å². The summed E-state index contributed by atoms with van der Waals surface area (Å²) < 4.78 is 35.8. The lowest BCUT2D eigenvalue weighted by molar-refractivity contribution is 0.604. The summed E-state index contributed by atoms with van der Waals surface area (Å²) in [4.78, 5) is 0. The topological polar surface area (TPSA) is 75.6 Å². The van der Waals surface area contributed by atoms with Crippen LogP contribution in [-0.4, -0.2) is 32.7 Å². The Morgan fingerprint density at radius 1 is 1.42 bits per heavy atom. The maximum absolute atomic E-state index is 12.2. The van der Waals surface area contributed by atoms with Crippen LogP contribution in [-0.2, 0) is 20.6 Å². The Hall–Kier alpha value is -0.0800. The Morgan fingerprint density at radius 2 is 2.11 bits per heavy atom. The van der Waals surface area contributed by atoms with Crippen LogP contribution in [0.1, 0.15) is 46.5 Å². The summed E-state index contributed by atoms with van der Waals surface area (Å²) >= 11 is 1.08. The van der Waals surface area contributed by atoms with Crippen molar-refractivity contribution in [3.63, 3.8) is 0 Å². The van der Waals surface area contributed by atoms with Crippen LogP contribution < -0.4 is 5.43 Å². The molecule has 0 saturated carbocycles. The molecule has 0 fully saturated rings. The standard InChI is InChI=1S/C11H22N2O3S3/c1-4-6-8-19(15,16)11-13-12-10(17-11)18(14)9(3)7-5-2/h9-10,12H,4-8H2,1-3H3. The molecule has 0 saturated heterocycles. The Kier molecular flexibility index (Phi) is 6.82. The number of unbranched alkanes of at least 4 members (excludes halogenated alkanes) is 1. The zero-order valence-corrected chi connectivity index (χ0v) is 14.0. The van der Waals surface area contributed by atoms with Crippen LogP contribution in [0.25, 0.3) is 0 Å². The summed E-state index contributed by atoms with van der Waals surface area (Å²) in [6.45, 7) is 5.91. The minimum atomic E-state index is -3.31. The van der Waals surface area contributed by atoms with Crippen molar-refractivity contribution in [1.82, 2.24) is 5.43 Å². The van der Waals surface area contributed by atoms with Gasteiger partial charge < -0.3 is 0 Å². The molecular weight excluding hydrogens is 304 g/mol.